The van der Waals surface area contributed by atoms with Crippen LogP contribution in [-0.4, -0.2) is 84.3 Å². The molecule has 0 aromatic carbocycles. The van der Waals surface area contributed by atoms with Gasteiger partial charge in [-0.05, 0) is 0 Å². The monoisotopic (exact) mass is 292 g/mol. The Labute approximate surface area is 102 Å². The molecule has 0 saturated carbocycles. The Morgan fingerprint density at radius 3 is 1.83 bits per heavy atom. The van der Waals surface area contributed by atoms with Crippen molar-refractivity contribution in [3.63, 3.8) is 0 Å². The summed E-state index contributed by atoms with van der Waals surface area (Å²) in [5.41, 5.74) is 0. The van der Waals surface area contributed by atoms with Crippen molar-refractivity contribution in [3.8, 4) is 0 Å². The number of rotatable bonds is 8. The van der Waals surface area contributed by atoms with Gasteiger partial charge in [0, 0.05) is 0 Å². The van der Waals surface area contributed by atoms with Gasteiger partial charge in [0.25, 0.3) is 0 Å². The SMILES string of the molecule is O=P(O)(OCO)C(O)[C@H](O)[C@@H](O)[C@H](O)[C@H](O)CO. The highest BCUT2D eigenvalue weighted by atomic mass is 31.2. The van der Waals surface area contributed by atoms with E-state index >= 15 is 0 Å². The van der Waals surface area contributed by atoms with Crippen molar-refractivity contribution >= 4 is 7.60 Å². The van der Waals surface area contributed by atoms with E-state index in [2.05, 4.69) is 4.52 Å². The van der Waals surface area contributed by atoms with Crippen molar-refractivity contribution in [2.24, 2.45) is 0 Å². The fourth-order valence-corrected chi connectivity index (χ4v) is 1.95. The maximum absolute atomic E-state index is 11.2. The van der Waals surface area contributed by atoms with Crippen molar-refractivity contribution in [3.05, 3.63) is 0 Å². The smallest absolute Gasteiger partial charge is 0.361 e. The molecule has 0 saturated heterocycles. The predicted octanol–water partition coefficient (Wildman–Crippen LogP) is -4.11. The molecular formula is C7H17O10P. The second-order valence-electron chi connectivity index (χ2n) is 3.46. The molecule has 0 heterocycles. The van der Waals surface area contributed by atoms with E-state index in [9.17, 15) is 25.0 Å². The summed E-state index contributed by atoms with van der Waals surface area (Å²) in [6.07, 6.45) is -8.44. The summed E-state index contributed by atoms with van der Waals surface area (Å²) in [5.74, 6) is -2.51. The van der Waals surface area contributed by atoms with Crippen LogP contribution in [0.2, 0.25) is 0 Å². The van der Waals surface area contributed by atoms with Crippen LogP contribution >= 0.6 is 7.60 Å². The highest BCUT2D eigenvalue weighted by molar-refractivity contribution is 7.53. The summed E-state index contributed by atoms with van der Waals surface area (Å²) in [7, 11) is -4.83. The summed E-state index contributed by atoms with van der Waals surface area (Å²) in [5, 5.41) is 62.8. The normalized spacial score (nSPS) is 23.8. The van der Waals surface area contributed by atoms with Gasteiger partial charge in [0.05, 0.1) is 6.61 Å². The van der Waals surface area contributed by atoms with Gasteiger partial charge in [0.1, 0.15) is 24.4 Å². The van der Waals surface area contributed by atoms with Gasteiger partial charge in [-0.3, -0.25) is 9.09 Å². The second kappa shape index (κ2) is 7.46. The lowest BCUT2D eigenvalue weighted by Crippen LogP contribution is -2.50. The van der Waals surface area contributed by atoms with Crippen LogP contribution in [0.1, 0.15) is 0 Å². The van der Waals surface area contributed by atoms with Crippen LogP contribution in [0.4, 0.5) is 0 Å². The molecule has 0 aliphatic carbocycles. The minimum atomic E-state index is -4.83. The summed E-state index contributed by atoms with van der Waals surface area (Å²) in [4.78, 5) is 9.04. The maximum atomic E-state index is 11.2. The third-order valence-electron chi connectivity index (χ3n) is 2.16. The first-order valence-corrected chi connectivity index (χ1v) is 6.42. The first-order valence-electron chi connectivity index (χ1n) is 4.78. The summed E-state index contributed by atoms with van der Waals surface area (Å²) in [6, 6.07) is 0. The van der Waals surface area contributed by atoms with Gasteiger partial charge in [0.15, 0.2) is 12.6 Å². The molecule has 0 aliphatic rings. The summed E-state index contributed by atoms with van der Waals surface area (Å²) >= 11 is 0. The molecule has 0 aromatic rings. The van der Waals surface area contributed by atoms with Crippen LogP contribution in [0.15, 0.2) is 0 Å². The predicted molar refractivity (Wildman–Crippen MR) is 55.1 cm³/mol. The third-order valence-corrected chi connectivity index (χ3v) is 3.62. The zero-order valence-electron chi connectivity index (χ0n) is 9.14. The molecule has 18 heavy (non-hydrogen) atoms. The van der Waals surface area contributed by atoms with Crippen LogP contribution in [0.5, 0.6) is 0 Å². The van der Waals surface area contributed by atoms with E-state index in [1.54, 1.807) is 0 Å². The maximum Gasteiger partial charge on any atom is 0.361 e. The van der Waals surface area contributed by atoms with Gasteiger partial charge in [-0.25, -0.2) is 0 Å². The summed E-state index contributed by atoms with van der Waals surface area (Å²) in [6.45, 7) is -2.15. The van der Waals surface area contributed by atoms with Crippen LogP contribution in [0, 0.1) is 0 Å². The number of hydrogen-bond acceptors (Lipinski definition) is 9. The van der Waals surface area contributed by atoms with E-state index in [1.165, 1.54) is 0 Å². The fraction of sp³-hybridized carbons (Fsp3) is 1.00. The molecular weight excluding hydrogens is 275 g/mol. The van der Waals surface area contributed by atoms with Gasteiger partial charge >= 0.3 is 7.60 Å². The lowest BCUT2D eigenvalue weighted by Gasteiger charge is -2.29. The molecule has 0 spiro atoms. The molecule has 6 atom stereocenters. The van der Waals surface area contributed by atoms with Crippen molar-refractivity contribution in [2.45, 2.75) is 30.3 Å². The minimum Gasteiger partial charge on any atom is -0.394 e. The molecule has 0 radical (unpaired) electrons. The van der Waals surface area contributed by atoms with Crippen molar-refractivity contribution in [1.29, 1.82) is 0 Å². The molecule has 2 unspecified atom stereocenters. The molecule has 8 N–H and O–H groups in total. The number of aliphatic hydroxyl groups is 7. The Kier molecular flexibility index (Phi) is 7.40. The molecule has 0 aliphatic heterocycles. The average molecular weight is 292 g/mol. The lowest BCUT2D eigenvalue weighted by atomic mass is 10.0. The topological polar surface area (TPSA) is 188 Å². The van der Waals surface area contributed by atoms with Gasteiger partial charge in [0.2, 0.25) is 0 Å². The van der Waals surface area contributed by atoms with Crippen LogP contribution < -0.4 is 0 Å². The van der Waals surface area contributed by atoms with Gasteiger partial charge in [-0.2, -0.15) is 0 Å². The number of aliphatic hydroxyl groups excluding tert-OH is 7. The molecule has 110 valence electrons. The van der Waals surface area contributed by atoms with Crippen molar-refractivity contribution in [1.82, 2.24) is 0 Å². The Morgan fingerprint density at radius 2 is 1.44 bits per heavy atom. The zero-order chi connectivity index (χ0) is 14.5. The zero-order valence-corrected chi connectivity index (χ0v) is 10.0. The van der Waals surface area contributed by atoms with Crippen LogP contribution in [0.3, 0.4) is 0 Å². The average Bonchev–Trinajstić information content (AvgIpc) is 2.33. The first kappa shape index (κ1) is 17.9. The van der Waals surface area contributed by atoms with E-state index in [0.29, 0.717) is 0 Å². The van der Waals surface area contributed by atoms with Gasteiger partial charge < -0.3 is 40.6 Å². The van der Waals surface area contributed by atoms with Gasteiger partial charge in [-0.15, -0.1) is 0 Å². The molecule has 0 amide bonds. The van der Waals surface area contributed by atoms with E-state index < -0.39 is 51.3 Å². The Balaban J connectivity index is 4.73. The highest BCUT2D eigenvalue weighted by Crippen LogP contribution is 2.47. The minimum absolute atomic E-state index is 0.940. The Morgan fingerprint density at radius 1 is 0.944 bits per heavy atom. The highest BCUT2D eigenvalue weighted by Gasteiger charge is 2.43. The lowest BCUT2D eigenvalue weighted by molar-refractivity contribution is -0.132. The molecule has 10 nitrogen and oxygen atoms in total. The first-order chi connectivity index (χ1) is 8.18. The van der Waals surface area contributed by atoms with Gasteiger partial charge in [-0.1, -0.05) is 0 Å². The number of hydrogen-bond donors (Lipinski definition) is 8. The summed E-state index contributed by atoms with van der Waals surface area (Å²) < 4.78 is 15.1. The molecule has 0 fully saturated rings. The van der Waals surface area contributed by atoms with Crippen molar-refractivity contribution in [2.75, 3.05) is 13.4 Å². The quantitative estimate of drug-likeness (QED) is 0.161. The second-order valence-corrected chi connectivity index (χ2v) is 5.37. The molecule has 0 aromatic heterocycles. The van der Waals surface area contributed by atoms with Crippen LogP contribution in [0.25, 0.3) is 0 Å². The molecule has 0 rings (SSSR count). The van der Waals surface area contributed by atoms with Crippen LogP contribution in [-0.2, 0) is 9.09 Å². The third kappa shape index (κ3) is 4.52. The Hall–Kier alpha value is -0.130. The van der Waals surface area contributed by atoms with E-state index in [4.69, 9.17) is 20.2 Å². The Bertz CT molecular complexity index is 285. The van der Waals surface area contributed by atoms with E-state index in [1.807, 2.05) is 0 Å². The fourth-order valence-electron chi connectivity index (χ4n) is 1.07. The molecule has 0 bridgehead atoms. The molecule has 11 heteroatoms. The van der Waals surface area contributed by atoms with E-state index in [0.717, 1.165) is 0 Å². The van der Waals surface area contributed by atoms with Crippen molar-refractivity contribution < 1.29 is 49.7 Å². The largest absolute Gasteiger partial charge is 0.394 e. The van der Waals surface area contributed by atoms with E-state index in [-0.39, 0.29) is 0 Å². The standard InChI is InChI=1S/C7H17O10P/c8-1-3(10)4(11)5(12)6(13)7(14)18(15,16)17-2-9/h3-14H,1-2H2,(H,15,16)/t3-,4-,5+,6-,7?/m1/s1.